The van der Waals surface area contributed by atoms with E-state index < -0.39 is 0 Å². The number of hydrogen-bond donors (Lipinski definition) is 0. The zero-order valence-electron chi connectivity index (χ0n) is 13.6. The lowest BCUT2D eigenvalue weighted by molar-refractivity contribution is 0.0719. The predicted octanol–water partition coefficient (Wildman–Crippen LogP) is 2.72. The summed E-state index contributed by atoms with van der Waals surface area (Å²) in [6.45, 7) is 5.18. The molecule has 0 spiro atoms. The van der Waals surface area contributed by atoms with Crippen molar-refractivity contribution in [2.45, 2.75) is 26.8 Å². The predicted molar refractivity (Wildman–Crippen MR) is 83.8 cm³/mol. The molecule has 23 heavy (non-hydrogen) atoms. The number of aromatic nitrogens is 1. The van der Waals surface area contributed by atoms with Crippen LogP contribution in [0.1, 0.15) is 33.8 Å². The van der Waals surface area contributed by atoms with Crippen molar-refractivity contribution in [2.75, 3.05) is 20.3 Å². The van der Waals surface area contributed by atoms with Gasteiger partial charge in [-0.05, 0) is 26.3 Å². The Hall–Kier alpha value is -2.50. The molecule has 0 radical (unpaired) electrons. The van der Waals surface area contributed by atoms with Gasteiger partial charge in [-0.15, -0.1) is 0 Å². The molecule has 0 saturated heterocycles. The van der Waals surface area contributed by atoms with E-state index in [0.29, 0.717) is 48.2 Å². The Kier molecular flexibility index (Phi) is 4.23. The third kappa shape index (κ3) is 2.88. The van der Waals surface area contributed by atoms with Gasteiger partial charge in [0.15, 0.2) is 11.5 Å². The Morgan fingerprint density at radius 3 is 2.87 bits per heavy atom. The standard InChI is InChI=1S/C17H20N2O4/c1-11-15(12(2)23-18-11)17(20)19-8-5-9-22-16-13(10-19)6-4-7-14(16)21-3/h4,6-7H,5,8-10H2,1-3H3. The number of methoxy groups -OCH3 is 1. The minimum atomic E-state index is -0.0584. The molecular formula is C17H20N2O4. The summed E-state index contributed by atoms with van der Waals surface area (Å²) >= 11 is 0. The maximum absolute atomic E-state index is 12.9. The average molecular weight is 316 g/mol. The van der Waals surface area contributed by atoms with E-state index in [1.165, 1.54) is 0 Å². The second-order valence-corrected chi connectivity index (χ2v) is 5.58. The molecule has 0 saturated carbocycles. The second-order valence-electron chi connectivity index (χ2n) is 5.58. The van der Waals surface area contributed by atoms with E-state index >= 15 is 0 Å². The molecule has 1 aromatic carbocycles. The molecule has 1 aliphatic rings. The minimum absolute atomic E-state index is 0.0584. The fourth-order valence-electron chi connectivity index (χ4n) is 2.84. The Morgan fingerprint density at radius 1 is 1.35 bits per heavy atom. The maximum atomic E-state index is 12.9. The van der Waals surface area contributed by atoms with Gasteiger partial charge in [-0.3, -0.25) is 4.79 Å². The summed E-state index contributed by atoms with van der Waals surface area (Å²) in [6.07, 6.45) is 0.757. The zero-order chi connectivity index (χ0) is 16.4. The third-order valence-electron chi connectivity index (χ3n) is 3.99. The normalized spacial score (nSPS) is 14.5. The van der Waals surface area contributed by atoms with Gasteiger partial charge in [0.25, 0.3) is 5.91 Å². The highest BCUT2D eigenvalue weighted by atomic mass is 16.5. The maximum Gasteiger partial charge on any atom is 0.259 e. The summed E-state index contributed by atoms with van der Waals surface area (Å²) in [4.78, 5) is 14.7. The summed E-state index contributed by atoms with van der Waals surface area (Å²) < 4.78 is 16.3. The Bertz CT molecular complexity index is 704. The number of fused-ring (bicyclic) bond motifs is 1. The largest absolute Gasteiger partial charge is 0.493 e. The first-order valence-electron chi connectivity index (χ1n) is 7.62. The molecule has 2 aromatic rings. The van der Waals surface area contributed by atoms with Crippen LogP contribution in [0.5, 0.6) is 11.5 Å². The highest BCUT2D eigenvalue weighted by Gasteiger charge is 2.26. The number of rotatable bonds is 2. The number of para-hydroxylation sites is 1. The van der Waals surface area contributed by atoms with Crippen LogP contribution in [0.25, 0.3) is 0 Å². The summed E-state index contributed by atoms with van der Waals surface area (Å²) in [7, 11) is 1.62. The van der Waals surface area contributed by atoms with Gasteiger partial charge in [0.2, 0.25) is 0 Å². The summed E-state index contributed by atoms with van der Waals surface area (Å²) in [6, 6.07) is 5.72. The summed E-state index contributed by atoms with van der Waals surface area (Å²) in [5, 5.41) is 3.88. The number of aryl methyl sites for hydroxylation is 2. The van der Waals surface area contributed by atoms with Crippen LogP contribution < -0.4 is 9.47 Å². The highest BCUT2D eigenvalue weighted by Crippen LogP contribution is 2.33. The molecule has 3 rings (SSSR count). The van der Waals surface area contributed by atoms with Crippen LogP contribution in [-0.4, -0.2) is 36.2 Å². The van der Waals surface area contributed by atoms with Crippen molar-refractivity contribution in [3.05, 3.63) is 40.8 Å². The van der Waals surface area contributed by atoms with Crippen LogP contribution in [0.15, 0.2) is 22.7 Å². The molecule has 1 aliphatic heterocycles. The van der Waals surface area contributed by atoms with Crippen molar-refractivity contribution in [3.63, 3.8) is 0 Å². The molecule has 1 aromatic heterocycles. The topological polar surface area (TPSA) is 64.8 Å². The minimum Gasteiger partial charge on any atom is -0.493 e. The molecule has 122 valence electrons. The number of carbonyl (C=O) groups excluding carboxylic acids is 1. The molecule has 2 heterocycles. The van der Waals surface area contributed by atoms with Crippen molar-refractivity contribution in [1.82, 2.24) is 10.1 Å². The zero-order valence-corrected chi connectivity index (χ0v) is 13.6. The van der Waals surface area contributed by atoms with Crippen molar-refractivity contribution in [3.8, 4) is 11.5 Å². The van der Waals surface area contributed by atoms with Crippen LogP contribution in [0, 0.1) is 13.8 Å². The molecule has 6 heteroatoms. The lowest BCUT2D eigenvalue weighted by atomic mass is 10.1. The highest BCUT2D eigenvalue weighted by molar-refractivity contribution is 5.96. The van der Waals surface area contributed by atoms with Gasteiger partial charge < -0.3 is 18.9 Å². The summed E-state index contributed by atoms with van der Waals surface area (Å²) in [5.41, 5.74) is 2.11. The number of hydrogen-bond acceptors (Lipinski definition) is 5. The lowest BCUT2D eigenvalue weighted by Crippen LogP contribution is -2.34. The lowest BCUT2D eigenvalue weighted by Gasteiger charge is -2.27. The fourth-order valence-corrected chi connectivity index (χ4v) is 2.84. The van der Waals surface area contributed by atoms with Crippen LogP contribution in [0.2, 0.25) is 0 Å². The Balaban J connectivity index is 1.94. The average Bonchev–Trinajstić information content (AvgIpc) is 2.85. The fraction of sp³-hybridized carbons (Fsp3) is 0.412. The van der Waals surface area contributed by atoms with Gasteiger partial charge in [0.1, 0.15) is 11.3 Å². The van der Waals surface area contributed by atoms with E-state index in [9.17, 15) is 4.79 Å². The van der Waals surface area contributed by atoms with E-state index in [-0.39, 0.29) is 5.91 Å². The second kappa shape index (κ2) is 6.32. The monoisotopic (exact) mass is 316 g/mol. The van der Waals surface area contributed by atoms with Gasteiger partial charge >= 0.3 is 0 Å². The molecule has 0 fully saturated rings. The quantitative estimate of drug-likeness (QED) is 0.852. The first-order chi connectivity index (χ1) is 11.1. The van der Waals surface area contributed by atoms with Crippen LogP contribution >= 0.6 is 0 Å². The van der Waals surface area contributed by atoms with Gasteiger partial charge in [0.05, 0.1) is 19.4 Å². The molecule has 0 unspecified atom stereocenters. The van der Waals surface area contributed by atoms with E-state index in [1.54, 1.807) is 21.0 Å². The summed E-state index contributed by atoms with van der Waals surface area (Å²) in [5.74, 6) is 1.90. The Labute approximate surface area is 135 Å². The molecule has 0 N–H and O–H groups in total. The van der Waals surface area contributed by atoms with Crippen molar-refractivity contribution >= 4 is 5.91 Å². The number of carbonyl (C=O) groups is 1. The van der Waals surface area contributed by atoms with Gasteiger partial charge in [-0.1, -0.05) is 17.3 Å². The van der Waals surface area contributed by atoms with Gasteiger partial charge in [-0.25, -0.2) is 0 Å². The first-order valence-corrected chi connectivity index (χ1v) is 7.62. The van der Waals surface area contributed by atoms with Gasteiger partial charge in [0, 0.05) is 18.7 Å². The van der Waals surface area contributed by atoms with E-state index in [4.69, 9.17) is 14.0 Å². The molecule has 0 bridgehead atoms. The number of nitrogens with zero attached hydrogens (tertiary/aromatic N) is 2. The number of amides is 1. The smallest absolute Gasteiger partial charge is 0.259 e. The van der Waals surface area contributed by atoms with Crippen molar-refractivity contribution in [2.24, 2.45) is 0 Å². The molecule has 0 atom stereocenters. The molecule has 0 aliphatic carbocycles. The molecule has 1 amide bonds. The molecule has 6 nitrogen and oxygen atoms in total. The van der Waals surface area contributed by atoms with E-state index in [1.807, 2.05) is 23.1 Å². The third-order valence-corrected chi connectivity index (χ3v) is 3.99. The van der Waals surface area contributed by atoms with Crippen molar-refractivity contribution in [1.29, 1.82) is 0 Å². The van der Waals surface area contributed by atoms with E-state index in [2.05, 4.69) is 5.16 Å². The van der Waals surface area contributed by atoms with Crippen molar-refractivity contribution < 1.29 is 18.8 Å². The number of ether oxygens (including phenoxy) is 2. The van der Waals surface area contributed by atoms with Gasteiger partial charge in [-0.2, -0.15) is 0 Å². The van der Waals surface area contributed by atoms with Crippen LogP contribution in [-0.2, 0) is 6.54 Å². The van der Waals surface area contributed by atoms with E-state index in [0.717, 1.165) is 12.0 Å². The Morgan fingerprint density at radius 2 is 2.17 bits per heavy atom. The molecular weight excluding hydrogens is 296 g/mol. The number of benzene rings is 1. The first kappa shape index (κ1) is 15.4. The van der Waals surface area contributed by atoms with Crippen LogP contribution in [0.3, 0.4) is 0 Å². The SMILES string of the molecule is COc1cccc2c1OCCCN(C(=O)c1c(C)noc1C)C2. The van der Waals surface area contributed by atoms with Crippen LogP contribution in [0.4, 0.5) is 0 Å².